The van der Waals surface area contributed by atoms with E-state index in [-0.39, 0.29) is 37.5 Å². The van der Waals surface area contributed by atoms with Crippen molar-refractivity contribution in [2.75, 3.05) is 6.54 Å². The number of amides is 3. The van der Waals surface area contributed by atoms with Gasteiger partial charge in [0.15, 0.2) is 5.96 Å². The zero-order valence-electron chi connectivity index (χ0n) is 21.8. The second-order valence-corrected chi connectivity index (χ2v) is 9.28. The number of phenolic OH excluding ortho intramolecular Hbond substituents is 1. The third-order valence-corrected chi connectivity index (χ3v) is 5.64. The summed E-state index contributed by atoms with van der Waals surface area (Å²) >= 11 is 0. The number of aliphatic hydroxyl groups excluding tert-OH is 1. The van der Waals surface area contributed by atoms with Crippen LogP contribution in [0.1, 0.15) is 39.2 Å². The quantitative estimate of drug-likeness (QED) is 0.0668. The van der Waals surface area contributed by atoms with E-state index in [4.69, 9.17) is 17.2 Å². The predicted octanol–water partition coefficient (Wildman–Crippen LogP) is -2.11. The van der Waals surface area contributed by atoms with Crippen LogP contribution < -0.4 is 33.2 Å². The fourth-order valence-corrected chi connectivity index (χ4v) is 3.38. The van der Waals surface area contributed by atoms with Crippen molar-refractivity contribution in [3.63, 3.8) is 0 Å². The molecule has 38 heavy (non-hydrogen) atoms. The number of nitrogens with one attached hydrogen (secondary N) is 3. The van der Waals surface area contributed by atoms with E-state index in [2.05, 4.69) is 20.9 Å². The first-order chi connectivity index (χ1) is 17.7. The number of aromatic hydroxyl groups is 1. The van der Waals surface area contributed by atoms with Crippen LogP contribution in [-0.2, 0) is 25.6 Å². The Morgan fingerprint density at radius 2 is 1.50 bits per heavy atom. The van der Waals surface area contributed by atoms with E-state index in [1.165, 1.54) is 19.1 Å². The number of nitrogens with zero attached hydrogens (tertiary/aromatic N) is 1. The number of carbonyl (C=O) groups is 4. The largest absolute Gasteiger partial charge is 0.508 e. The van der Waals surface area contributed by atoms with Crippen LogP contribution in [0.15, 0.2) is 29.3 Å². The van der Waals surface area contributed by atoms with Gasteiger partial charge in [-0.2, -0.15) is 0 Å². The molecule has 5 unspecified atom stereocenters. The molecule has 3 amide bonds. The Morgan fingerprint density at radius 1 is 0.921 bits per heavy atom. The van der Waals surface area contributed by atoms with E-state index in [1.54, 1.807) is 26.0 Å². The van der Waals surface area contributed by atoms with Crippen LogP contribution in [0.5, 0.6) is 5.75 Å². The van der Waals surface area contributed by atoms with Crippen LogP contribution in [0.4, 0.5) is 0 Å². The normalized spacial score (nSPS) is 14.9. The predicted molar refractivity (Wildman–Crippen MR) is 140 cm³/mol. The van der Waals surface area contributed by atoms with Crippen molar-refractivity contribution in [3.8, 4) is 5.75 Å². The minimum Gasteiger partial charge on any atom is -0.508 e. The molecule has 0 saturated heterocycles. The van der Waals surface area contributed by atoms with E-state index in [9.17, 15) is 34.5 Å². The van der Waals surface area contributed by atoms with Crippen molar-refractivity contribution in [1.82, 2.24) is 16.0 Å². The smallest absolute Gasteiger partial charge is 0.326 e. The fourth-order valence-electron chi connectivity index (χ4n) is 3.38. The van der Waals surface area contributed by atoms with Crippen LogP contribution in [0.25, 0.3) is 0 Å². The molecule has 0 aliphatic carbocycles. The number of aliphatic imine (C=N–C) groups is 1. The number of benzene rings is 1. The Hall–Kier alpha value is -3.91. The molecule has 0 aromatic heterocycles. The summed E-state index contributed by atoms with van der Waals surface area (Å²) in [6, 6.07) is 1.07. The van der Waals surface area contributed by atoms with Gasteiger partial charge in [0.2, 0.25) is 17.7 Å². The number of phenols is 1. The maximum Gasteiger partial charge on any atom is 0.326 e. The monoisotopic (exact) mass is 537 g/mol. The molecule has 0 saturated carbocycles. The van der Waals surface area contributed by atoms with Gasteiger partial charge in [0.05, 0.1) is 6.10 Å². The molecule has 0 aliphatic heterocycles. The Balaban J connectivity index is 3.05. The van der Waals surface area contributed by atoms with Gasteiger partial charge in [-0.25, -0.2) is 4.79 Å². The lowest BCUT2D eigenvalue weighted by Crippen LogP contribution is -2.59. The van der Waals surface area contributed by atoms with Crippen molar-refractivity contribution in [2.45, 2.75) is 70.3 Å². The number of carboxylic acids is 1. The third kappa shape index (κ3) is 11.0. The minimum absolute atomic E-state index is 0.0118. The van der Waals surface area contributed by atoms with Gasteiger partial charge in [0, 0.05) is 13.0 Å². The number of nitrogens with two attached hydrogens (primary N) is 3. The van der Waals surface area contributed by atoms with Gasteiger partial charge in [0.1, 0.15) is 29.9 Å². The van der Waals surface area contributed by atoms with Gasteiger partial charge in [-0.3, -0.25) is 19.4 Å². The van der Waals surface area contributed by atoms with Crippen molar-refractivity contribution < 1.29 is 34.5 Å². The number of rotatable bonds is 15. The molecule has 0 radical (unpaired) electrons. The molecule has 12 N–H and O–H groups in total. The average molecular weight is 538 g/mol. The third-order valence-electron chi connectivity index (χ3n) is 5.64. The first kappa shape index (κ1) is 32.1. The van der Waals surface area contributed by atoms with E-state index < -0.39 is 59.9 Å². The fraction of sp³-hybridized carbons (Fsp3) is 0.542. The molecule has 0 bridgehead atoms. The summed E-state index contributed by atoms with van der Waals surface area (Å²) in [7, 11) is 0. The molecule has 0 spiro atoms. The number of aliphatic hydroxyl groups is 1. The van der Waals surface area contributed by atoms with Crippen molar-refractivity contribution in [3.05, 3.63) is 29.8 Å². The number of guanidine groups is 1. The van der Waals surface area contributed by atoms with Crippen molar-refractivity contribution >= 4 is 29.7 Å². The Labute approximate surface area is 221 Å². The lowest BCUT2D eigenvalue weighted by molar-refractivity contribution is -0.142. The van der Waals surface area contributed by atoms with Crippen molar-refractivity contribution in [2.24, 2.45) is 28.1 Å². The molecule has 0 aliphatic rings. The van der Waals surface area contributed by atoms with E-state index in [0.29, 0.717) is 5.56 Å². The summed E-state index contributed by atoms with van der Waals surface area (Å²) < 4.78 is 0. The zero-order chi connectivity index (χ0) is 29.0. The topological polar surface area (TPSA) is 255 Å². The lowest BCUT2D eigenvalue weighted by atomic mass is 10.00. The maximum atomic E-state index is 13.2. The highest BCUT2D eigenvalue weighted by atomic mass is 16.4. The summed E-state index contributed by atoms with van der Waals surface area (Å²) in [4.78, 5) is 54.2. The summed E-state index contributed by atoms with van der Waals surface area (Å²) in [6.45, 7) is 4.83. The first-order valence-electron chi connectivity index (χ1n) is 12.1. The van der Waals surface area contributed by atoms with E-state index >= 15 is 0 Å². The van der Waals surface area contributed by atoms with Crippen LogP contribution in [-0.4, -0.2) is 81.8 Å². The van der Waals surface area contributed by atoms with Gasteiger partial charge >= 0.3 is 5.97 Å². The molecule has 0 fully saturated rings. The van der Waals surface area contributed by atoms with Gasteiger partial charge in [0.25, 0.3) is 0 Å². The second kappa shape index (κ2) is 15.4. The Morgan fingerprint density at radius 3 is 2.00 bits per heavy atom. The number of carbonyl (C=O) groups excluding carboxylic acids is 3. The standard InChI is InChI=1S/C24H39N7O7/c1-12(2)19(22(36)29-16(23(37)38)5-4-10-28-24(26)27)31-20(34)17(30-21(35)18(25)13(3)32)11-14-6-8-15(33)9-7-14/h6-9,12-13,16-19,32-33H,4-5,10-11,25H2,1-3H3,(H,29,36)(H,30,35)(H,31,34)(H,37,38)(H4,26,27,28). The number of hydrogen-bond acceptors (Lipinski definition) is 8. The highest BCUT2D eigenvalue weighted by Crippen LogP contribution is 2.13. The summed E-state index contributed by atoms with van der Waals surface area (Å²) in [5, 5.41) is 36.2. The Kier molecular flexibility index (Phi) is 13.0. The summed E-state index contributed by atoms with van der Waals surface area (Å²) in [5.41, 5.74) is 16.8. The molecule has 1 rings (SSSR count). The van der Waals surface area contributed by atoms with Crippen LogP contribution in [0.3, 0.4) is 0 Å². The molecule has 1 aromatic rings. The lowest BCUT2D eigenvalue weighted by Gasteiger charge is -2.27. The van der Waals surface area contributed by atoms with E-state index in [0.717, 1.165) is 0 Å². The molecule has 212 valence electrons. The number of hydrogen-bond donors (Lipinski definition) is 9. The second-order valence-electron chi connectivity index (χ2n) is 9.28. The molecule has 5 atom stereocenters. The highest BCUT2D eigenvalue weighted by Gasteiger charge is 2.32. The van der Waals surface area contributed by atoms with E-state index in [1.807, 2.05) is 0 Å². The van der Waals surface area contributed by atoms with Gasteiger partial charge in [-0.15, -0.1) is 0 Å². The minimum atomic E-state index is -1.30. The highest BCUT2D eigenvalue weighted by molar-refractivity contribution is 5.94. The maximum absolute atomic E-state index is 13.2. The average Bonchev–Trinajstić information content (AvgIpc) is 2.83. The van der Waals surface area contributed by atoms with Crippen LogP contribution in [0.2, 0.25) is 0 Å². The summed E-state index contributed by atoms with van der Waals surface area (Å²) in [5.74, 6) is -4.06. The van der Waals surface area contributed by atoms with Crippen LogP contribution in [0, 0.1) is 5.92 Å². The molecule has 0 heterocycles. The van der Waals surface area contributed by atoms with Gasteiger partial charge in [-0.05, 0) is 43.4 Å². The van der Waals surface area contributed by atoms with Crippen LogP contribution >= 0.6 is 0 Å². The number of carboxylic acid groups (broad SMARTS) is 1. The SMILES string of the molecule is CC(C)C(NC(=O)C(Cc1ccc(O)cc1)NC(=O)C(N)C(C)O)C(=O)NC(CCCN=C(N)N)C(=O)O. The molecule has 14 heteroatoms. The first-order valence-corrected chi connectivity index (χ1v) is 12.1. The van der Waals surface area contributed by atoms with Crippen molar-refractivity contribution in [1.29, 1.82) is 0 Å². The summed E-state index contributed by atoms with van der Waals surface area (Å²) in [6.07, 6.45) is -0.855. The zero-order valence-corrected chi connectivity index (χ0v) is 21.8. The molecule has 1 aromatic carbocycles. The molecule has 14 nitrogen and oxygen atoms in total. The molecular weight excluding hydrogens is 498 g/mol. The van der Waals surface area contributed by atoms with Gasteiger partial charge < -0.3 is 48.5 Å². The number of aliphatic carboxylic acids is 1. The molecular formula is C24H39N7O7. The Bertz CT molecular complexity index is 979. The van der Waals surface area contributed by atoms with Gasteiger partial charge in [-0.1, -0.05) is 26.0 Å².